The van der Waals surface area contributed by atoms with Gasteiger partial charge in [0.25, 0.3) is 0 Å². The fourth-order valence-corrected chi connectivity index (χ4v) is 4.84. The molecule has 0 radical (unpaired) electrons. The van der Waals surface area contributed by atoms with Crippen molar-refractivity contribution in [2.24, 2.45) is 0 Å². The molecule has 6 heteroatoms. The lowest BCUT2D eigenvalue weighted by Gasteiger charge is -2.32. The second kappa shape index (κ2) is 12.0. The van der Waals surface area contributed by atoms with Crippen LogP contribution in [0.1, 0.15) is 42.4 Å². The zero-order valence-corrected chi connectivity index (χ0v) is 20.4. The summed E-state index contributed by atoms with van der Waals surface area (Å²) in [5.74, 6) is -0.674. The minimum atomic E-state index is -0.699. The number of amides is 2. The summed E-state index contributed by atoms with van der Waals surface area (Å²) < 4.78 is 13.6. The number of carbonyl (C=O) groups excluding carboxylic acids is 2. The average molecular weight is 493 g/mol. The second-order valence-corrected chi connectivity index (χ2v) is 9.59. The summed E-state index contributed by atoms with van der Waals surface area (Å²) in [5, 5.41) is 3.74. The van der Waals surface area contributed by atoms with E-state index >= 15 is 0 Å². The van der Waals surface area contributed by atoms with Crippen LogP contribution in [0.4, 0.5) is 4.39 Å². The van der Waals surface area contributed by atoms with Crippen molar-refractivity contribution in [2.45, 2.75) is 57.2 Å². The molecule has 1 N–H and O–H groups in total. The van der Waals surface area contributed by atoms with Crippen LogP contribution in [0.25, 0.3) is 0 Å². The van der Waals surface area contributed by atoms with E-state index in [9.17, 15) is 14.0 Å². The molecule has 1 aliphatic carbocycles. The van der Waals surface area contributed by atoms with E-state index in [0.29, 0.717) is 11.4 Å². The third-order valence-corrected chi connectivity index (χ3v) is 6.72. The quantitative estimate of drug-likeness (QED) is 0.415. The van der Waals surface area contributed by atoms with Crippen LogP contribution in [0.3, 0.4) is 0 Å². The van der Waals surface area contributed by atoms with Crippen molar-refractivity contribution in [1.29, 1.82) is 0 Å². The number of hydrogen-bond donors (Lipinski definition) is 1. The van der Waals surface area contributed by atoms with Crippen LogP contribution >= 0.6 is 11.6 Å². The fraction of sp³-hybridized carbons (Fsp3) is 0.310. The summed E-state index contributed by atoms with van der Waals surface area (Å²) in [6.07, 6.45) is 4.62. The molecular formula is C29H30ClFN2O2. The van der Waals surface area contributed by atoms with Crippen molar-refractivity contribution in [1.82, 2.24) is 10.2 Å². The molecule has 4 nitrogen and oxygen atoms in total. The molecule has 3 aromatic rings. The summed E-state index contributed by atoms with van der Waals surface area (Å²) in [4.78, 5) is 28.9. The van der Waals surface area contributed by atoms with Crippen LogP contribution in [-0.4, -0.2) is 28.8 Å². The van der Waals surface area contributed by atoms with Gasteiger partial charge in [-0.15, -0.1) is 0 Å². The molecule has 1 fully saturated rings. The van der Waals surface area contributed by atoms with Crippen LogP contribution < -0.4 is 5.32 Å². The molecule has 2 amide bonds. The van der Waals surface area contributed by atoms with Crippen molar-refractivity contribution in [3.8, 4) is 0 Å². The SMILES string of the molecule is O=C(NC1CCCC1)[C@@H](Cc1ccccc1)N(Cc1ccc(F)cc1)C(=O)Cc1cccc(Cl)c1. The predicted molar refractivity (Wildman–Crippen MR) is 136 cm³/mol. The number of nitrogens with zero attached hydrogens (tertiary/aromatic N) is 1. The molecule has 35 heavy (non-hydrogen) atoms. The minimum Gasteiger partial charge on any atom is -0.352 e. The normalized spacial score (nSPS) is 14.5. The highest BCUT2D eigenvalue weighted by atomic mass is 35.5. The van der Waals surface area contributed by atoms with Crippen molar-refractivity contribution in [3.05, 3.63) is 106 Å². The second-order valence-electron chi connectivity index (χ2n) is 9.15. The monoisotopic (exact) mass is 492 g/mol. The molecule has 4 rings (SSSR count). The van der Waals surface area contributed by atoms with Crippen LogP contribution in [0.5, 0.6) is 0 Å². The number of halogens is 2. The molecule has 0 spiro atoms. The number of benzene rings is 3. The highest BCUT2D eigenvalue weighted by molar-refractivity contribution is 6.30. The molecule has 0 heterocycles. The molecule has 1 saturated carbocycles. The van der Waals surface area contributed by atoms with Crippen molar-refractivity contribution in [3.63, 3.8) is 0 Å². The maximum atomic E-state index is 13.7. The Balaban J connectivity index is 1.65. The molecule has 1 aliphatic rings. The van der Waals surface area contributed by atoms with Gasteiger partial charge >= 0.3 is 0 Å². The van der Waals surface area contributed by atoms with Gasteiger partial charge in [0.2, 0.25) is 11.8 Å². The first-order valence-electron chi connectivity index (χ1n) is 12.1. The smallest absolute Gasteiger partial charge is 0.243 e. The summed E-state index contributed by atoms with van der Waals surface area (Å²) >= 11 is 6.14. The maximum Gasteiger partial charge on any atom is 0.243 e. The van der Waals surface area contributed by atoms with Gasteiger partial charge in [0.1, 0.15) is 11.9 Å². The van der Waals surface area contributed by atoms with Gasteiger partial charge in [-0.1, -0.05) is 79.0 Å². The van der Waals surface area contributed by atoms with Crippen molar-refractivity contribution < 1.29 is 14.0 Å². The van der Waals surface area contributed by atoms with Gasteiger partial charge < -0.3 is 10.2 Å². The summed E-state index contributed by atoms with van der Waals surface area (Å²) in [6, 6.07) is 22.4. The van der Waals surface area contributed by atoms with E-state index in [2.05, 4.69) is 5.32 Å². The molecule has 0 saturated heterocycles. The van der Waals surface area contributed by atoms with E-state index in [1.165, 1.54) is 12.1 Å². The molecule has 0 aliphatic heterocycles. The molecule has 0 unspecified atom stereocenters. The Hall–Kier alpha value is -3.18. The summed E-state index contributed by atoms with van der Waals surface area (Å²) in [6.45, 7) is 0.204. The van der Waals surface area contributed by atoms with Gasteiger partial charge in [-0.3, -0.25) is 9.59 Å². The molecular weight excluding hydrogens is 463 g/mol. The largest absolute Gasteiger partial charge is 0.352 e. The Bertz CT molecular complexity index is 1130. The van der Waals surface area contributed by atoms with Crippen LogP contribution in [-0.2, 0) is 29.0 Å². The number of rotatable bonds is 9. The molecule has 0 bridgehead atoms. The molecule has 1 atom stereocenters. The van der Waals surface area contributed by atoms with E-state index in [1.807, 2.05) is 42.5 Å². The highest BCUT2D eigenvalue weighted by Crippen LogP contribution is 2.21. The lowest BCUT2D eigenvalue weighted by molar-refractivity contribution is -0.141. The lowest BCUT2D eigenvalue weighted by atomic mass is 10.0. The van der Waals surface area contributed by atoms with Gasteiger partial charge in [0.05, 0.1) is 6.42 Å². The Morgan fingerprint density at radius 1 is 0.914 bits per heavy atom. The maximum absolute atomic E-state index is 13.7. The zero-order valence-electron chi connectivity index (χ0n) is 19.6. The Morgan fingerprint density at radius 3 is 2.29 bits per heavy atom. The van der Waals surface area contributed by atoms with Crippen molar-refractivity contribution in [2.75, 3.05) is 0 Å². The number of carbonyl (C=O) groups is 2. The molecule has 3 aromatic carbocycles. The van der Waals surface area contributed by atoms with E-state index in [-0.39, 0.29) is 36.6 Å². The summed E-state index contributed by atoms with van der Waals surface area (Å²) in [5.41, 5.74) is 2.51. The van der Waals surface area contributed by atoms with Gasteiger partial charge in [0.15, 0.2) is 0 Å². The lowest BCUT2D eigenvalue weighted by Crippen LogP contribution is -2.52. The van der Waals surface area contributed by atoms with E-state index in [1.54, 1.807) is 29.2 Å². The Morgan fingerprint density at radius 2 is 1.60 bits per heavy atom. The number of nitrogens with one attached hydrogen (secondary N) is 1. The van der Waals surface area contributed by atoms with Crippen LogP contribution in [0, 0.1) is 5.82 Å². The third kappa shape index (κ3) is 7.15. The van der Waals surface area contributed by atoms with Gasteiger partial charge in [-0.25, -0.2) is 4.39 Å². The Labute approximate surface area is 211 Å². The first-order valence-corrected chi connectivity index (χ1v) is 12.5. The highest BCUT2D eigenvalue weighted by Gasteiger charge is 2.32. The van der Waals surface area contributed by atoms with E-state index in [4.69, 9.17) is 11.6 Å². The number of hydrogen-bond acceptors (Lipinski definition) is 2. The van der Waals surface area contributed by atoms with Gasteiger partial charge in [-0.05, 0) is 53.8 Å². The predicted octanol–water partition coefficient (Wildman–Crippen LogP) is 5.72. The first-order chi connectivity index (χ1) is 17.0. The standard InChI is InChI=1S/C29H30ClFN2O2/c30-24-10-6-9-23(17-24)19-28(34)33(20-22-13-15-25(31)16-14-22)27(18-21-7-2-1-3-8-21)29(35)32-26-11-4-5-12-26/h1-3,6-10,13-17,26-27H,4-5,11-12,18-20H2,(H,32,35)/t27-/m1/s1. The molecule has 0 aromatic heterocycles. The topological polar surface area (TPSA) is 49.4 Å². The zero-order chi connectivity index (χ0) is 24.6. The minimum absolute atomic E-state index is 0.115. The van der Waals surface area contributed by atoms with Crippen LogP contribution in [0.2, 0.25) is 5.02 Å². The van der Waals surface area contributed by atoms with Gasteiger partial charge in [-0.2, -0.15) is 0 Å². The van der Waals surface area contributed by atoms with E-state index in [0.717, 1.165) is 42.4 Å². The third-order valence-electron chi connectivity index (χ3n) is 6.48. The fourth-order valence-electron chi connectivity index (χ4n) is 4.63. The van der Waals surface area contributed by atoms with Crippen LogP contribution in [0.15, 0.2) is 78.9 Å². The van der Waals surface area contributed by atoms with Crippen molar-refractivity contribution >= 4 is 23.4 Å². The summed E-state index contributed by atoms with van der Waals surface area (Å²) in [7, 11) is 0. The average Bonchev–Trinajstić information content (AvgIpc) is 3.36. The Kier molecular flexibility index (Phi) is 8.54. The van der Waals surface area contributed by atoms with Gasteiger partial charge in [0, 0.05) is 24.0 Å². The first kappa shape index (κ1) is 24.9. The molecule has 182 valence electrons. The van der Waals surface area contributed by atoms with E-state index < -0.39 is 6.04 Å².